The van der Waals surface area contributed by atoms with Gasteiger partial charge >= 0.3 is 0 Å². The van der Waals surface area contributed by atoms with Gasteiger partial charge in [-0.1, -0.05) is 47.7 Å². The van der Waals surface area contributed by atoms with E-state index in [2.05, 4.69) is 47.6 Å². The van der Waals surface area contributed by atoms with Gasteiger partial charge in [0, 0.05) is 0 Å². The molecule has 0 aliphatic rings. The molecule has 0 radical (unpaired) electrons. The van der Waals surface area contributed by atoms with Crippen molar-refractivity contribution in [2.45, 2.75) is 19.3 Å². The van der Waals surface area contributed by atoms with Crippen LogP contribution in [0.15, 0.2) is 47.8 Å². The van der Waals surface area contributed by atoms with Crippen LogP contribution in [-0.2, 0) is 5.41 Å². The predicted octanol–water partition coefficient (Wildman–Crippen LogP) is 4.24. The second-order valence-electron chi connectivity index (χ2n) is 5.59. The monoisotopic (exact) mass is 326 g/mol. The minimum atomic E-state index is -0.249. The highest BCUT2D eigenvalue weighted by Crippen LogP contribution is 2.34. The van der Waals surface area contributed by atoms with Crippen molar-refractivity contribution in [2.75, 3.05) is 0 Å². The van der Waals surface area contributed by atoms with Gasteiger partial charge in [-0.05, 0) is 30.9 Å². The Labute approximate surface area is 136 Å². The molecule has 0 spiro atoms. The Morgan fingerprint density at radius 2 is 1.82 bits per heavy atom. The third-order valence-electron chi connectivity index (χ3n) is 3.78. The summed E-state index contributed by atoms with van der Waals surface area (Å²) in [7, 11) is 0. The quantitative estimate of drug-likeness (QED) is 0.565. The molecule has 0 bridgehead atoms. The number of fused-ring (bicyclic) bond motifs is 1. The van der Waals surface area contributed by atoms with Crippen molar-refractivity contribution in [3.05, 3.63) is 59.2 Å². The standard InChI is InChI=1S/C16H14N4S2/c1-16(2,11-7-4-3-5-8-11)14-17-18-15-20(14)19-13(22-15)12-9-6-10-21-12/h3-10H,1-2H3. The summed E-state index contributed by atoms with van der Waals surface area (Å²) in [5, 5.41) is 16.5. The molecule has 110 valence electrons. The molecule has 22 heavy (non-hydrogen) atoms. The second-order valence-corrected chi connectivity index (χ2v) is 7.50. The maximum atomic E-state index is 4.73. The third-order valence-corrected chi connectivity index (χ3v) is 5.72. The molecular weight excluding hydrogens is 312 g/mol. The normalized spacial score (nSPS) is 12.1. The Hall–Kier alpha value is -2.05. The maximum Gasteiger partial charge on any atom is 0.235 e. The molecule has 4 aromatic rings. The van der Waals surface area contributed by atoms with Crippen molar-refractivity contribution >= 4 is 27.6 Å². The number of thiophene rings is 1. The van der Waals surface area contributed by atoms with Gasteiger partial charge in [-0.25, -0.2) is 0 Å². The molecule has 0 unspecified atom stereocenters. The first-order valence-corrected chi connectivity index (χ1v) is 8.68. The number of nitrogens with zero attached hydrogens (tertiary/aromatic N) is 4. The SMILES string of the molecule is CC(C)(c1ccccc1)c1nnc2sc(-c3cccs3)nn12. The highest BCUT2D eigenvalue weighted by Gasteiger charge is 2.30. The molecule has 0 N–H and O–H groups in total. The highest BCUT2D eigenvalue weighted by molar-refractivity contribution is 7.23. The van der Waals surface area contributed by atoms with E-state index in [1.54, 1.807) is 22.7 Å². The average Bonchev–Trinajstić information content (AvgIpc) is 3.23. The number of aromatic nitrogens is 4. The van der Waals surface area contributed by atoms with Crippen LogP contribution in [0.2, 0.25) is 0 Å². The van der Waals surface area contributed by atoms with Crippen LogP contribution in [0.25, 0.3) is 14.8 Å². The Kier molecular flexibility index (Phi) is 3.09. The van der Waals surface area contributed by atoms with Crippen molar-refractivity contribution < 1.29 is 0 Å². The molecule has 4 rings (SSSR count). The van der Waals surface area contributed by atoms with E-state index in [0.717, 1.165) is 15.8 Å². The van der Waals surface area contributed by atoms with Gasteiger partial charge < -0.3 is 0 Å². The lowest BCUT2D eigenvalue weighted by Crippen LogP contribution is -2.22. The van der Waals surface area contributed by atoms with E-state index in [0.29, 0.717) is 0 Å². The highest BCUT2D eigenvalue weighted by atomic mass is 32.1. The van der Waals surface area contributed by atoms with Crippen molar-refractivity contribution in [3.63, 3.8) is 0 Å². The molecule has 0 aliphatic carbocycles. The molecule has 3 aromatic heterocycles. The lowest BCUT2D eigenvalue weighted by molar-refractivity contribution is 0.569. The summed E-state index contributed by atoms with van der Waals surface area (Å²) in [5.41, 5.74) is 0.955. The third kappa shape index (κ3) is 2.07. The molecular formula is C16H14N4S2. The van der Waals surface area contributed by atoms with E-state index >= 15 is 0 Å². The van der Waals surface area contributed by atoms with Crippen LogP contribution in [0, 0.1) is 0 Å². The summed E-state index contributed by atoms with van der Waals surface area (Å²) >= 11 is 3.27. The summed E-state index contributed by atoms with van der Waals surface area (Å²) < 4.78 is 1.88. The van der Waals surface area contributed by atoms with Crippen molar-refractivity contribution in [1.29, 1.82) is 0 Å². The van der Waals surface area contributed by atoms with Crippen LogP contribution < -0.4 is 0 Å². The molecule has 0 fully saturated rings. The molecule has 0 amide bonds. The lowest BCUT2D eigenvalue weighted by Gasteiger charge is -2.22. The van der Waals surface area contributed by atoms with Gasteiger partial charge in [0.15, 0.2) is 10.8 Å². The van der Waals surface area contributed by atoms with Crippen LogP contribution in [0.1, 0.15) is 25.2 Å². The molecule has 0 saturated heterocycles. The molecule has 1 aromatic carbocycles. The smallest absolute Gasteiger partial charge is 0.186 e. The Morgan fingerprint density at radius 3 is 2.55 bits per heavy atom. The molecule has 0 saturated carbocycles. The van der Waals surface area contributed by atoms with Gasteiger partial charge in [-0.2, -0.15) is 9.61 Å². The molecule has 6 heteroatoms. The van der Waals surface area contributed by atoms with E-state index in [1.165, 1.54) is 10.4 Å². The van der Waals surface area contributed by atoms with E-state index < -0.39 is 0 Å². The molecule has 0 atom stereocenters. The van der Waals surface area contributed by atoms with Crippen LogP contribution in [0.4, 0.5) is 0 Å². The Bertz CT molecular complexity index is 904. The van der Waals surface area contributed by atoms with Gasteiger partial charge in [0.1, 0.15) is 0 Å². The van der Waals surface area contributed by atoms with Crippen LogP contribution in [0.5, 0.6) is 0 Å². The maximum absolute atomic E-state index is 4.73. The Morgan fingerprint density at radius 1 is 1.00 bits per heavy atom. The van der Waals surface area contributed by atoms with Crippen LogP contribution in [0.3, 0.4) is 0 Å². The first-order chi connectivity index (χ1) is 10.7. The van der Waals surface area contributed by atoms with Crippen LogP contribution >= 0.6 is 22.7 Å². The van der Waals surface area contributed by atoms with Gasteiger partial charge in [0.2, 0.25) is 4.96 Å². The number of hydrogen-bond donors (Lipinski definition) is 0. The van der Waals surface area contributed by atoms with E-state index in [4.69, 9.17) is 5.10 Å². The average molecular weight is 326 g/mol. The fourth-order valence-corrected chi connectivity index (χ4v) is 4.12. The minimum absolute atomic E-state index is 0.249. The zero-order valence-electron chi connectivity index (χ0n) is 12.2. The van der Waals surface area contributed by atoms with Crippen molar-refractivity contribution in [3.8, 4) is 9.88 Å². The van der Waals surface area contributed by atoms with E-state index in [9.17, 15) is 0 Å². The number of hydrogen-bond acceptors (Lipinski definition) is 5. The lowest BCUT2D eigenvalue weighted by atomic mass is 9.84. The topological polar surface area (TPSA) is 43.1 Å². The van der Waals surface area contributed by atoms with Crippen LogP contribution in [-0.4, -0.2) is 19.8 Å². The van der Waals surface area contributed by atoms with Gasteiger partial charge in [-0.3, -0.25) is 0 Å². The largest absolute Gasteiger partial charge is 0.235 e. The van der Waals surface area contributed by atoms with Gasteiger partial charge in [-0.15, -0.1) is 21.5 Å². The fourth-order valence-electron chi connectivity index (χ4n) is 2.49. The molecule has 4 nitrogen and oxygen atoms in total. The summed E-state index contributed by atoms with van der Waals surface area (Å²) in [4.78, 5) is 2.00. The Balaban J connectivity index is 1.85. The predicted molar refractivity (Wildman–Crippen MR) is 90.5 cm³/mol. The van der Waals surface area contributed by atoms with Gasteiger partial charge in [0.05, 0.1) is 10.3 Å². The molecule has 0 aliphatic heterocycles. The van der Waals surface area contributed by atoms with E-state index in [1.807, 2.05) is 28.8 Å². The molecule has 3 heterocycles. The fraction of sp³-hybridized carbons (Fsp3) is 0.188. The van der Waals surface area contributed by atoms with E-state index in [-0.39, 0.29) is 5.41 Å². The van der Waals surface area contributed by atoms with Gasteiger partial charge in [0.25, 0.3) is 0 Å². The first-order valence-electron chi connectivity index (χ1n) is 6.98. The zero-order chi connectivity index (χ0) is 15.2. The summed E-state index contributed by atoms with van der Waals surface area (Å²) in [6, 6.07) is 14.5. The number of rotatable bonds is 3. The summed E-state index contributed by atoms with van der Waals surface area (Å²) in [6.07, 6.45) is 0. The zero-order valence-corrected chi connectivity index (χ0v) is 13.9. The van der Waals surface area contributed by atoms with Crippen molar-refractivity contribution in [1.82, 2.24) is 19.8 Å². The summed E-state index contributed by atoms with van der Waals surface area (Å²) in [5.74, 6) is 0.868. The summed E-state index contributed by atoms with van der Waals surface area (Å²) in [6.45, 7) is 4.31. The second kappa shape index (κ2) is 5.00. The number of benzene rings is 1. The minimum Gasteiger partial charge on any atom is -0.186 e. The van der Waals surface area contributed by atoms with Crippen molar-refractivity contribution in [2.24, 2.45) is 0 Å². The first kappa shape index (κ1) is 13.6.